The Balaban J connectivity index is 1.63. The molecule has 1 atom stereocenters. The fourth-order valence-corrected chi connectivity index (χ4v) is 2.96. The third kappa shape index (κ3) is 6.82. The lowest BCUT2D eigenvalue weighted by atomic mass is 10.2. The molecule has 2 saturated heterocycles. The van der Waals surface area contributed by atoms with Crippen molar-refractivity contribution >= 4 is 17.9 Å². The first kappa shape index (κ1) is 20.5. The van der Waals surface area contributed by atoms with Gasteiger partial charge in [0, 0.05) is 52.2 Å². The molecule has 0 aromatic carbocycles. The van der Waals surface area contributed by atoms with Crippen molar-refractivity contribution in [2.24, 2.45) is 0 Å². The van der Waals surface area contributed by atoms with Crippen LogP contribution in [0.4, 0.5) is 4.79 Å². The van der Waals surface area contributed by atoms with Crippen molar-refractivity contribution in [3.8, 4) is 0 Å². The summed E-state index contributed by atoms with van der Waals surface area (Å²) >= 11 is 0. The molecule has 3 amide bonds. The lowest BCUT2D eigenvalue weighted by molar-refractivity contribution is -0.135. The summed E-state index contributed by atoms with van der Waals surface area (Å²) in [5.74, 6) is -0.178. The molecule has 26 heavy (non-hydrogen) atoms. The van der Waals surface area contributed by atoms with E-state index in [1.165, 1.54) is 0 Å². The third-order valence-corrected chi connectivity index (χ3v) is 4.40. The van der Waals surface area contributed by atoms with Gasteiger partial charge in [-0.05, 0) is 33.6 Å². The van der Waals surface area contributed by atoms with Crippen molar-refractivity contribution in [2.45, 2.75) is 58.2 Å². The molecule has 0 radical (unpaired) electrons. The lowest BCUT2D eigenvalue weighted by Gasteiger charge is -2.35. The molecule has 0 aromatic rings. The molecule has 1 unspecified atom stereocenters. The monoisotopic (exact) mass is 369 g/mol. The molecule has 8 nitrogen and oxygen atoms in total. The summed E-state index contributed by atoms with van der Waals surface area (Å²) in [6, 6.07) is 0. The summed E-state index contributed by atoms with van der Waals surface area (Å²) in [7, 11) is 0. The highest BCUT2D eigenvalue weighted by molar-refractivity contribution is 5.84. The predicted molar refractivity (Wildman–Crippen MR) is 95.6 cm³/mol. The van der Waals surface area contributed by atoms with Gasteiger partial charge in [0.05, 0.1) is 6.10 Å². The van der Waals surface area contributed by atoms with Gasteiger partial charge >= 0.3 is 6.09 Å². The average Bonchev–Trinajstić information content (AvgIpc) is 3.10. The summed E-state index contributed by atoms with van der Waals surface area (Å²) in [5, 5.41) is 2.82. The molecule has 2 rings (SSSR count). The number of carbonyl (C=O) groups excluding carboxylic acids is 3. The maximum absolute atomic E-state index is 12.3. The van der Waals surface area contributed by atoms with Crippen molar-refractivity contribution in [1.82, 2.24) is 15.1 Å². The minimum atomic E-state index is -0.527. The number of carbonyl (C=O) groups is 3. The fraction of sp³-hybridized carbons (Fsp3) is 0.833. The Morgan fingerprint density at radius 1 is 1.08 bits per heavy atom. The quantitative estimate of drug-likeness (QED) is 0.785. The highest BCUT2D eigenvalue weighted by atomic mass is 16.6. The summed E-state index contributed by atoms with van der Waals surface area (Å²) in [6.45, 7) is 8.59. The molecule has 8 heteroatoms. The second-order valence-corrected chi connectivity index (χ2v) is 7.79. The zero-order chi connectivity index (χ0) is 19.2. The second kappa shape index (κ2) is 9.21. The number of piperazine rings is 1. The minimum absolute atomic E-state index is 0.0545. The first-order valence-electron chi connectivity index (χ1n) is 9.38. The molecule has 1 N–H and O–H groups in total. The Morgan fingerprint density at radius 2 is 1.73 bits per heavy atom. The highest BCUT2D eigenvalue weighted by Gasteiger charge is 2.27. The molecule has 148 valence electrons. The van der Waals surface area contributed by atoms with Gasteiger partial charge < -0.3 is 24.6 Å². The molecule has 2 fully saturated rings. The number of ether oxygens (including phenoxy) is 2. The summed E-state index contributed by atoms with van der Waals surface area (Å²) in [5.41, 5.74) is -0.527. The van der Waals surface area contributed by atoms with Gasteiger partial charge in [0.25, 0.3) is 0 Å². The standard InChI is InChI=1S/C18H31N3O5/c1-18(2,3)26-17(24)21-10-8-20(9-11-21)16(23)7-6-15(22)19-13-14-5-4-12-25-14/h14H,4-13H2,1-3H3,(H,19,22). The van der Waals surface area contributed by atoms with Gasteiger partial charge in [0.2, 0.25) is 11.8 Å². The summed E-state index contributed by atoms with van der Waals surface area (Å²) in [6.07, 6.45) is 2.13. The van der Waals surface area contributed by atoms with Crippen LogP contribution in [0.25, 0.3) is 0 Å². The van der Waals surface area contributed by atoms with Crippen molar-refractivity contribution < 1.29 is 23.9 Å². The van der Waals surface area contributed by atoms with E-state index >= 15 is 0 Å². The van der Waals surface area contributed by atoms with Gasteiger partial charge in [-0.15, -0.1) is 0 Å². The number of nitrogens with zero attached hydrogens (tertiary/aromatic N) is 2. The Labute approximate surface area is 155 Å². The topological polar surface area (TPSA) is 88.2 Å². The maximum Gasteiger partial charge on any atom is 0.410 e. The fourth-order valence-electron chi connectivity index (χ4n) is 2.96. The van der Waals surface area contributed by atoms with Crippen molar-refractivity contribution in [1.29, 1.82) is 0 Å². The highest BCUT2D eigenvalue weighted by Crippen LogP contribution is 2.13. The summed E-state index contributed by atoms with van der Waals surface area (Å²) < 4.78 is 10.8. The maximum atomic E-state index is 12.3. The van der Waals surface area contributed by atoms with Crippen LogP contribution in [0.2, 0.25) is 0 Å². The van der Waals surface area contributed by atoms with Crippen LogP contribution in [0.15, 0.2) is 0 Å². The predicted octanol–water partition coefficient (Wildman–Crippen LogP) is 1.14. The van der Waals surface area contributed by atoms with Gasteiger partial charge in [0.1, 0.15) is 5.60 Å². The first-order valence-corrected chi connectivity index (χ1v) is 9.38. The van der Waals surface area contributed by atoms with E-state index in [1.54, 1.807) is 9.80 Å². The van der Waals surface area contributed by atoms with E-state index in [-0.39, 0.29) is 36.9 Å². The van der Waals surface area contributed by atoms with Crippen molar-refractivity contribution in [3.05, 3.63) is 0 Å². The average molecular weight is 369 g/mol. The molecule has 2 heterocycles. The van der Waals surface area contributed by atoms with E-state index in [4.69, 9.17) is 9.47 Å². The SMILES string of the molecule is CC(C)(C)OC(=O)N1CCN(C(=O)CCC(=O)NCC2CCCO2)CC1. The molecular weight excluding hydrogens is 338 g/mol. The van der Waals surface area contributed by atoms with Crippen LogP contribution in [0.5, 0.6) is 0 Å². The third-order valence-electron chi connectivity index (χ3n) is 4.40. The minimum Gasteiger partial charge on any atom is -0.444 e. The molecule has 2 aliphatic rings. The Morgan fingerprint density at radius 3 is 2.31 bits per heavy atom. The van der Waals surface area contributed by atoms with Crippen molar-refractivity contribution in [3.63, 3.8) is 0 Å². The smallest absolute Gasteiger partial charge is 0.410 e. The van der Waals surface area contributed by atoms with Crippen LogP contribution in [-0.2, 0) is 19.1 Å². The zero-order valence-electron chi connectivity index (χ0n) is 16.1. The Hall–Kier alpha value is -1.83. The summed E-state index contributed by atoms with van der Waals surface area (Å²) in [4.78, 5) is 39.4. The molecule has 0 aromatic heterocycles. The first-order chi connectivity index (χ1) is 12.2. The van der Waals surface area contributed by atoms with E-state index in [0.29, 0.717) is 32.7 Å². The number of amides is 3. The zero-order valence-corrected chi connectivity index (χ0v) is 16.1. The number of hydrogen-bond donors (Lipinski definition) is 1. The molecular formula is C18H31N3O5. The van der Waals surface area contributed by atoms with Gasteiger partial charge in [0.15, 0.2) is 0 Å². The lowest BCUT2D eigenvalue weighted by Crippen LogP contribution is -2.51. The van der Waals surface area contributed by atoms with E-state index < -0.39 is 5.60 Å². The van der Waals surface area contributed by atoms with Gasteiger partial charge in [-0.1, -0.05) is 0 Å². The number of rotatable bonds is 5. The van der Waals surface area contributed by atoms with Crippen molar-refractivity contribution in [2.75, 3.05) is 39.3 Å². The van der Waals surface area contributed by atoms with Gasteiger partial charge in [-0.25, -0.2) is 4.79 Å². The molecule has 0 saturated carbocycles. The van der Waals surface area contributed by atoms with E-state index in [0.717, 1.165) is 19.4 Å². The van der Waals surface area contributed by atoms with Gasteiger partial charge in [-0.2, -0.15) is 0 Å². The van der Waals surface area contributed by atoms with Crippen LogP contribution in [0.1, 0.15) is 46.5 Å². The second-order valence-electron chi connectivity index (χ2n) is 7.79. The van der Waals surface area contributed by atoms with Crippen LogP contribution < -0.4 is 5.32 Å². The molecule has 0 aliphatic carbocycles. The number of hydrogen-bond acceptors (Lipinski definition) is 5. The molecule has 0 spiro atoms. The van der Waals surface area contributed by atoms with Crippen LogP contribution in [0, 0.1) is 0 Å². The van der Waals surface area contributed by atoms with Crippen LogP contribution >= 0.6 is 0 Å². The van der Waals surface area contributed by atoms with Gasteiger partial charge in [-0.3, -0.25) is 9.59 Å². The molecule has 2 aliphatic heterocycles. The number of nitrogens with one attached hydrogen (secondary N) is 1. The van der Waals surface area contributed by atoms with Crippen LogP contribution in [0.3, 0.4) is 0 Å². The van der Waals surface area contributed by atoms with Crippen LogP contribution in [-0.4, -0.2) is 78.7 Å². The Bertz CT molecular complexity index is 503. The normalized spacial score (nSPS) is 20.8. The van der Waals surface area contributed by atoms with E-state index in [1.807, 2.05) is 20.8 Å². The van der Waals surface area contributed by atoms with E-state index in [2.05, 4.69) is 5.32 Å². The molecule has 0 bridgehead atoms. The Kier molecular flexibility index (Phi) is 7.25. The largest absolute Gasteiger partial charge is 0.444 e. The van der Waals surface area contributed by atoms with E-state index in [9.17, 15) is 14.4 Å².